The van der Waals surface area contributed by atoms with Gasteiger partial charge in [0, 0.05) is 38.5 Å². The molecule has 3 aliphatic rings. The van der Waals surface area contributed by atoms with Gasteiger partial charge in [0.25, 0.3) is 5.91 Å². The summed E-state index contributed by atoms with van der Waals surface area (Å²) in [5.74, 6) is -2.01. The van der Waals surface area contributed by atoms with Crippen LogP contribution >= 0.6 is 0 Å². The van der Waals surface area contributed by atoms with Crippen LogP contribution in [0.2, 0.25) is 0 Å². The van der Waals surface area contributed by atoms with E-state index >= 15 is 0 Å². The standard InChI is InChI=1S/C38H49N3O5/c1-6-21-39(26-29-15-11-9-12-16-29)34(43)31-32-35(44)41(23-13-10-14-24-42)33(38(32)20-19-37(31,8-3)46-38)36(45)40(22-7-2)30-25-27(4)17-18-28(30)5/h6-7,9,11-12,15-18,25,31-33,42H,1-2,8,10,13-14,19-24,26H2,3-5H3/t31-,32+,33?,37+,38?/m1/s1. The zero-order valence-corrected chi connectivity index (χ0v) is 27.6. The second kappa shape index (κ2) is 13.9. The molecule has 0 saturated carbocycles. The predicted octanol–water partition coefficient (Wildman–Crippen LogP) is 5.35. The molecule has 2 unspecified atom stereocenters. The molecule has 3 fully saturated rings. The third kappa shape index (κ3) is 5.82. The lowest BCUT2D eigenvalue weighted by atomic mass is 9.64. The summed E-state index contributed by atoms with van der Waals surface area (Å²) in [5.41, 5.74) is 1.79. The van der Waals surface area contributed by atoms with Crippen molar-refractivity contribution in [3.05, 3.63) is 90.5 Å². The molecule has 3 heterocycles. The van der Waals surface area contributed by atoms with E-state index in [2.05, 4.69) is 13.2 Å². The Balaban J connectivity index is 1.58. The van der Waals surface area contributed by atoms with Crippen LogP contribution in [-0.4, -0.2) is 76.1 Å². The van der Waals surface area contributed by atoms with Crippen molar-refractivity contribution in [3.8, 4) is 0 Å². The Labute approximate surface area is 273 Å². The molecule has 2 bridgehead atoms. The predicted molar refractivity (Wildman–Crippen MR) is 180 cm³/mol. The van der Waals surface area contributed by atoms with Crippen LogP contribution in [0.5, 0.6) is 0 Å². The molecule has 1 N–H and O–H groups in total. The van der Waals surface area contributed by atoms with Crippen molar-refractivity contribution in [2.75, 3.05) is 31.1 Å². The first-order valence-corrected chi connectivity index (χ1v) is 16.7. The third-order valence-corrected chi connectivity index (χ3v) is 10.3. The fourth-order valence-corrected chi connectivity index (χ4v) is 8.17. The SMILES string of the molecule is C=CCN(Cc1ccccc1)C(=O)[C@H]1[C@H]2C(=O)N(CCCCCO)C(C(=O)N(CC=C)c3cc(C)ccc3C)C23CC[C@]1(CC)O3. The van der Waals surface area contributed by atoms with Crippen LogP contribution in [0.3, 0.4) is 0 Å². The van der Waals surface area contributed by atoms with Crippen LogP contribution in [0.15, 0.2) is 73.8 Å². The van der Waals surface area contributed by atoms with E-state index < -0.39 is 29.1 Å². The number of anilines is 1. The van der Waals surface area contributed by atoms with Crippen LogP contribution < -0.4 is 4.90 Å². The second-order valence-electron chi connectivity index (χ2n) is 13.2. The van der Waals surface area contributed by atoms with Gasteiger partial charge in [0.15, 0.2) is 0 Å². The van der Waals surface area contributed by atoms with Gasteiger partial charge in [0.05, 0.1) is 17.4 Å². The molecule has 3 amide bonds. The molecule has 8 heteroatoms. The summed E-state index contributed by atoms with van der Waals surface area (Å²) < 4.78 is 7.06. The Kier molecular flexibility index (Phi) is 10.2. The lowest BCUT2D eigenvalue weighted by Crippen LogP contribution is -2.56. The lowest BCUT2D eigenvalue weighted by Gasteiger charge is -2.37. The van der Waals surface area contributed by atoms with Gasteiger partial charge in [0.1, 0.15) is 11.6 Å². The molecule has 5 rings (SSSR count). The largest absolute Gasteiger partial charge is 0.396 e. The van der Waals surface area contributed by atoms with E-state index in [1.807, 2.05) is 69.3 Å². The maximum absolute atomic E-state index is 15.0. The first-order chi connectivity index (χ1) is 22.2. The molecule has 2 aromatic carbocycles. The van der Waals surface area contributed by atoms with Crippen molar-refractivity contribution in [2.45, 2.75) is 83.1 Å². The van der Waals surface area contributed by atoms with Crippen LogP contribution in [0.4, 0.5) is 5.69 Å². The highest BCUT2D eigenvalue weighted by Crippen LogP contribution is 2.64. The second-order valence-corrected chi connectivity index (χ2v) is 13.2. The number of aryl methyl sites for hydroxylation is 2. The Hall–Kier alpha value is -3.75. The Morgan fingerprint density at radius 3 is 2.43 bits per heavy atom. The van der Waals surface area contributed by atoms with E-state index in [4.69, 9.17) is 4.74 Å². The summed E-state index contributed by atoms with van der Waals surface area (Å²) in [4.78, 5) is 49.6. The smallest absolute Gasteiger partial charge is 0.253 e. The summed E-state index contributed by atoms with van der Waals surface area (Å²) in [6.45, 7) is 15.3. The number of hydrogen-bond donors (Lipinski definition) is 1. The number of unbranched alkanes of at least 4 members (excludes halogenated alkanes) is 2. The Morgan fingerprint density at radius 2 is 1.76 bits per heavy atom. The quantitative estimate of drug-likeness (QED) is 0.212. The van der Waals surface area contributed by atoms with Gasteiger partial charge in [-0.1, -0.05) is 61.5 Å². The van der Waals surface area contributed by atoms with E-state index in [1.165, 1.54) is 0 Å². The van der Waals surface area contributed by atoms with E-state index in [1.54, 1.807) is 26.9 Å². The summed E-state index contributed by atoms with van der Waals surface area (Å²) >= 11 is 0. The highest BCUT2D eigenvalue weighted by molar-refractivity contribution is 6.05. The van der Waals surface area contributed by atoms with Crippen molar-refractivity contribution in [1.82, 2.24) is 9.80 Å². The highest BCUT2D eigenvalue weighted by atomic mass is 16.5. The monoisotopic (exact) mass is 627 g/mol. The van der Waals surface area contributed by atoms with Gasteiger partial charge in [-0.3, -0.25) is 14.4 Å². The molecule has 8 nitrogen and oxygen atoms in total. The fourth-order valence-electron chi connectivity index (χ4n) is 8.17. The average Bonchev–Trinajstić information content (AvgIpc) is 3.66. The van der Waals surface area contributed by atoms with Gasteiger partial charge in [-0.25, -0.2) is 0 Å². The van der Waals surface area contributed by atoms with Crippen molar-refractivity contribution in [2.24, 2.45) is 11.8 Å². The number of benzene rings is 2. The minimum Gasteiger partial charge on any atom is -0.396 e. The first kappa shape index (κ1) is 33.6. The molecule has 2 aromatic rings. The molecule has 246 valence electrons. The molecule has 3 saturated heterocycles. The van der Waals surface area contributed by atoms with Crippen LogP contribution in [0.1, 0.15) is 62.1 Å². The van der Waals surface area contributed by atoms with Crippen molar-refractivity contribution >= 4 is 23.4 Å². The van der Waals surface area contributed by atoms with Crippen molar-refractivity contribution in [3.63, 3.8) is 0 Å². The number of nitrogens with zero attached hydrogens (tertiary/aromatic N) is 3. The summed E-state index contributed by atoms with van der Waals surface area (Å²) in [7, 11) is 0. The number of carbonyl (C=O) groups excluding carboxylic acids is 3. The molecule has 0 radical (unpaired) electrons. The molecule has 1 spiro atoms. The van der Waals surface area contributed by atoms with Gasteiger partial charge in [-0.2, -0.15) is 0 Å². The maximum atomic E-state index is 15.0. The average molecular weight is 628 g/mol. The number of ether oxygens (including phenoxy) is 1. The maximum Gasteiger partial charge on any atom is 0.253 e. The molecule has 46 heavy (non-hydrogen) atoms. The van der Waals surface area contributed by atoms with Gasteiger partial charge >= 0.3 is 0 Å². The first-order valence-electron chi connectivity index (χ1n) is 16.7. The number of aliphatic hydroxyl groups excluding tert-OH is 1. The number of carbonyl (C=O) groups is 3. The molecule has 5 atom stereocenters. The fraction of sp³-hybridized carbons (Fsp3) is 0.500. The van der Waals surface area contributed by atoms with Crippen LogP contribution in [0, 0.1) is 25.7 Å². The zero-order valence-electron chi connectivity index (χ0n) is 27.6. The number of hydrogen-bond acceptors (Lipinski definition) is 5. The normalized spacial score (nSPS) is 26.2. The third-order valence-electron chi connectivity index (χ3n) is 10.3. The lowest BCUT2D eigenvalue weighted by molar-refractivity contribution is -0.151. The molecule has 0 aromatic heterocycles. The summed E-state index contributed by atoms with van der Waals surface area (Å²) in [5, 5.41) is 9.41. The van der Waals surface area contributed by atoms with Crippen molar-refractivity contribution < 1.29 is 24.2 Å². The van der Waals surface area contributed by atoms with E-state index in [-0.39, 0.29) is 30.9 Å². The van der Waals surface area contributed by atoms with Gasteiger partial charge < -0.3 is 24.5 Å². The number of amides is 3. The number of fused-ring (bicyclic) bond motifs is 1. The van der Waals surface area contributed by atoms with Crippen LogP contribution in [0.25, 0.3) is 0 Å². The summed E-state index contributed by atoms with van der Waals surface area (Å²) in [6, 6.07) is 15.0. The van der Waals surface area contributed by atoms with Gasteiger partial charge in [0.2, 0.25) is 11.8 Å². The van der Waals surface area contributed by atoms with E-state index in [9.17, 15) is 19.5 Å². The topological polar surface area (TPSA) is 90.4 Å². The Morgan fingerprint density at radius 1 is 1.02 bits per heavy atom. The number of likely N-dealkylation sites (tertiary alicyclic amines) is 1. The molecular weight excluding hydrogens is 578 g/mol. The minimum absolute atomic E-state index is 0.0713. The molecule has 0 aliphatic carbocycles. The van der Waals surface area contributed by atoms with E-state index in [0.29, 0.717) is 51.7 Å². The highest BCUT2D eigenvalue weighted by Gasteiger charge is 2.79. The van der Waals surface area contributed by atoms with Crippen LogP contribution in [-0.2, 0) is 25.7 Å². The number of aliphatic hydroxyl groups is 1. The van der Waals surface area contributed by atoms with Gasteiger partial charge in [-0.15, -0.1) is 13.2 Å². The molecule has 3 aliphatic heterocycles. The minimum atomic E-state index is -1.12. The van der Waals surface area contributed by atoms with Crippen molar-refractivity contribution in [1.29, 1.82) is 0 Å². The van der Waals surface area contributed by atoms with Gasteiger partial charge in [-0.05, 0) is 75.1 Å². The zero-order chi connectivity index (χ0) is 33.1. The number of rotatable bonds is 15. The van der Waals surface area contributed by atoms with E-state index in [0.717, 1.165) is 28.8 Å². The molecular formula is C38H49N3O5. The summed E-state index contributed by atoms with van der Waals surface area (Å²) in [6.07, 6.45) is 7.09. The Bertz CT molecular complexity index is 1460.